The molecule has 0 saturated heterocycles. The van der Waals surface area contributed by atoms with E-state index < -0.39 is 5.97 Å². The van der Waals surface area contributed by atoms with Crippen molar-refractivity contribution in [1.29, 1.82) is 0 Å². The van der Waals surface area contributed by atoms with Crippen molar-refractivity contribution in [3.63, 3.8) is 0 Å². The van der Waals surface area contributed by atoms with Crippen LogP contribution in [0.4, 0.5) is 0 Å². The molecule has 0 unspecified atom stereocenters. The monoisotopic (exact) mass is 282 g/mol. The number of carboxylic acids is 1. The fraction of sp³-hybridized carbons (Fsp3) is 0.100. The van der Waals surface area contributed by atoms with E-state index in [4.69, 9.17) is 5.11 Å². The number of carbonyl (C=O) groups is 1. The van der Waals surface area contributed by atoms with Crippen molar-refractivity contribution in [2.45, 2.75) is 6.54 Å². The summed E-state index contributed by atoms with van der Waals surface area (Å²) in [4.78, 5) is 26.4. The van der Waals surface area contributed by atoms with Crippen LogP contribution in [0, 0.1) is 0 Å². The fourth-order valence-corrected chi connectivity index (χ4v) is 1.74. The van der Waals surface area contributed by atoms with E-state index in [1.54, 1.807) is 18.2 Å². The zero-order valence-electron chi connectivity index (χ0n) is 8.05. The molecule has 0 bridgehead atoms. The molecular formula is C10H7BrN2O3. The maximum atomic E-state index is 11.8. The van der Waals surface area contributed by atoms with Gasteiger partial charge in [-0.25, -0.2) is 4.98 Å². The maximum Gasteiger partial charge on any atom is 0.323 e. The van der Waals surface area contributed by atoms with E-state index in [0.29, 0.717) is 10.9 Å². The summed E-state index contributed by atoms with van der Waals surface area (Å²) in [6.45, 7) is -0.377. The van der Waals surface area contributed by atoms with Gasteiger partial charge in [0.1, 0.15) is 6.54 Å². The van der Waals surface area contributed by atoms with Gasteiger partial charge in [-0.3, -0.25) is 14.2 Å². The largest absolute Gasteiger partial charge is 0.480 e. The van der Waals surface area contributed by atoms with E-state index in [9.17, 15) is 9.59 Å². The third kappa shape index (κ3) is 1.96. The standard InChI is InChI=1S/C10H7BrN2O3/c11-6-1-2-7-8(3-6)12-5-13(10(7)16)4-9(14)15/h1-3,5H,4H2,(H,14,15). The topological polar surface area (TPSA) is 72.2 Å². The highest BCUT2D eigenvalue weighted by atomic mass is 79.9. The molecule has 82 valence electrons. The summed E-state index contributed by atoms with van der Waals surface area (Å²) in [5.74, 6) is -1.07. The second-order valence-corrected chi connectivity index (χ2v) is 4.15. The predicted octanol–water partition coefficient (Wildman–Crippen LogP) is 1.24. The van der Waals surface area contributed by atoms with Crippen LogP contribution in [-0.2, 0) is 11.3 Å². The van der Waals surface area contributed by atoms with E-state index in [0.717, 1.165) is 9.04 Å². The van der Waals surface area contributed by atoms with Crippen LogP contribution < -0.4 is 5.56 Å². The van der Waals surface area contributed by atoms with Crippen LogP contribution in [0.2, 0.25) is 0 Å². The lowest BCUT2D eigenvalue weighted by Crippen LogP contribution is -2.24. The molecule has 2 rings (SSSR count). The minimum atomic E-state index is -1.07. The molecule has 1 aromatic carbocycles. The first kappa shape index (κ1) is 10.8. The van der Waals surface area contributed by atoms with Gasteiger partial charge in [-0.2, -0.15) is 0 Å². The van der Waals surface area contributed by atoms with Crippen molar-refractivity contribution >= 4 is 32.8 Å². The van der Waals surface area contributed by atoms with Crippen LogP contribution in [0.15, 0.2) is 33.8 Å². The second kappa shape index (κ2) is 4.05. The summed E-state index contributed by atoms with van der Waals surface area (Å²) in [6.07, 6.45) is 1.24. The van der Waals surface area contributed by atoms with Crippen LogP contribution in [0.1, 0.15) is 0 Å². The first-order valence-electron chi connectivity index (χ1n) is 4.44. The molecule has 6 heteroatoms. The maximum absolute atomic E-state index is 11.8. The number of rotatable bonds is 2. The van der Waals surface area contributed by atoms with E-state index in [-0.39, 0.29) is 12.1 Å². The highest BCUT2D eigenvalue weighted by molar-refractivity contribution is 9.10. The first-order chi connectivity index (χ1) is 7.58. The zero-order valence-corrected chi connectivity index (χ0v) is 9.64. The lowest BCUT2D eigenvalue weighted by molar-refractivity contribution is -0.137. The van der Waals surface area contributed by atoms with Gasteiger partial charge < -0.3 is 5.11 Å². The Hall–Kier alpha value is -1.69. The molecular weight excluding hydrogens is 276 g/mol. The summed E-state index contributed by atoms with van der Waals surface area (Å²) < 4.78 is 1.89. The van der Waals surface area contributed by atoms with E-state index in [1.807, 2.05) is 0 Å². The van der Waals surface area contributed by atoms with Crippen LogP contribution in [0.3, 0.4) is 0 Å². The van der Waals surface area contributed by atoms with Crippen molar-refractivity contribution in [1.82, 2.24) is 9.55 Å². The predicted molar refractivity (Wildman–Crippen MR) is 61.3 cm³/mol. The Kier molecular flexibility index (Phi) is 2.74. The Balaban J connectivity index is 2.66. The quantitative estimate of drug-likeness (QED) is 0.900. The van der Waals surface area contributed by atoms with Crippen molar-refractivity contribution in [2.75, 3.05) is 0 Å². The fourth-order valence-electron chi connectivity index (χ4n) is 1.39. The van der Waals surface area contributed by atoms with Gasteiger partial charge in [0.15, 0.2) is 0 Å². The summed E-state index contributed by atoms with van der Waals surface area (Å²) in [7, 11) is 0. The highest BCUT2D eigenvalue weighted by Gasteiger charge is 2.06. The number of hydrogen-bond acceptors (Lipinski definition) is 3. The van der Waals surface area contributed by atoms with Gasteiger partial charge in [0.05, 0.1) is 17.2 Å². The normalized spacial score (nSPS) is 10.6. The van der Waals surface area contributed by atoms with E-state index in [2.05, 4.69) is 20.9 Å². The number of carboxylic acid groups (broad SMARTS) is 1. The second-order valence-electron chi connectivity index (χ2n) is 3.23. The summed E-state index contributed by atoms with van der Waals surface area (Å²) in [5, 5.41) is 9.02. The van der Waals surface area contributed by atoms with Gasteiger partial charge in [-0.15, -0.1) is 0 Å². The molecule has 1 heterocycles. The van der Waals surface area contributed by atoms with E-state index in [1.165, 1.54) is 6.33 Å². The Labute approximate surface area is 98.5 Å². The summed E-state index contributed by atoms with van der Waals surface area (Å²) >= 11 is 3.27. The molecule has 0 aliphatic rings. The Bertz CT molecular complexity index is 621. The molecule has 0 amide bonds. The van der Waals surface area contributed by atoms with Crippen molar-refractivity contribution in [3.05, 3.63) is 39.4 Å². The number of halogens is 1. The molecule has 0 atom stereocenters. The van der Waals surface area contributed by atoms with Crippen LogP contribution in [0.5, 0.6) is 0 Å². The summed E-state index contributed by atoms with van der Waals surface area (Å²) in [6, 6.07) is 5.05. The van der Waals surface area contributed by atoms with Gasteiger partial charge in [-0.1, -0.05) is 15.9 Å². The molecule has 0 radical (unpaired) electrons. The average molecular weight is 283 g/mol. The summed E-state index contributed by atoms with van der Waals surface area (Å²) in [5.41, 5.74) is 0.195. The number of aromatic nitrogens is 2. The Morgan fingerprint density at radius 2 is 2.25 bits per heavy atom. The lowest BCUT2D eigenvalue weighted by Gasteiger charge is -2.03. The van der Waals surface area contributed by atoms with Gasteiger partial charge in [0.25, 0.3) is 5.56 Å². The van der Waals surface area contributed by atoms with Crippen LogP contribution >= 0.6 is 15.9 Å². The number of nitrogens with zero attached hydrogens (tertiary/aromatic N) is 2. The van der Waals surface area contributed by atoms with Gasteiger partial charge in [0, 0.05) is 4.47 Å². The van der Waals surface area contributed by atoms with Crippen molar-refractivity contribution in [2.24, 2.45) is 0 Å². The van der Waals surface area contributed by atoms with Gasteiger partial charge >= 0.3 is 5.97 Å². The van der Waals surface area contributed by atoms with Crippen molar-refractivity contribution < 1.29 is 9.90 Å². The highest BCUT2D eigenvalue weighted by Crippen LogP contribution is 2.14. The molecule has 16 heavy (non-hydrogen) atoms. The van der Waals surface area contributed by atoms with Gasteiger partial charge in [-0.05, 0) is 18.2 Å². The molecule has 1 N–H and O–H groups in total. The zero-order chi connectivity index (χ0) is 11.7. The Morgan fingerprint density at radius 3 is 2.94 bits per heavy atom. The molecule has 5 nitrogen and oxygen atoms in total. The molecule has 0 fully saturated rings. The molecule has 0 aliphatic carbocycles. The Morgan fingerprint density at radius 1 is 1.50 bits per heavy atom. The average Bonchev–Trinajstić information content (AvgIpc) is 2.22. The SMILES string of the molecule is O=C(O)Cn1cnc2cc(Br)ccc2c1=O. The third-order valence-electron chi connectivity index (χ3n) is 2.09. The smallest absolute Gasteiger partial charge is 0.323 e. The molecule has 0 saturated carbocycles. The number of fused-ring (bicyclic) bond motifs is 1. The first-order valence-corrected chi connectivity index (χ1v) is 5.24. The van der Waals surface area contributed by atoms with Crippen molar-refractivity contribution in [3.8, 4) is 0 Å². The van der Waals surface area contributed by atoms with Crippen LogP contribution in [0.25, 0.3) is 10.9 Å². The molecule has 0 aliphatic heterocycles. The molecule has 1 aromatic heterocycles. The number of benzene rings is 1. The van der Waals surface area contributed by atoms with Gasteiger partial charge in [0.2, 0.25) is 0 Å². The number of aliphatic carboxylic acids is 1. The van der Waals surface area contributed by atoms with E-state index >= 15 is 0 Å². The number of hydrogen-bond donors (Lipinski definition) is 1. The third-order valence-corrected chi connectivity index (χ3v) is 2.59. The van der Waals surface area contributed by atoms with Crippen LogP contribution in [-0.4, -0.2) is 20.6 Å². The lowest BCUT2D eigenvalue weighted by atomic mass is 10.2. The minimum Gasteiger partial charge on any atom is -0.480 e. The molecule has 2 aromatic rings. The molecule has 0 spiro atoms. The minimum absolute atomic E-state index is 0.347.